The Balaban J connectivity index is 2.31. The molecule has 1 unspecified atom stereocenters. The van der Waals surface area contributed by atoms with E-state index in [1.165, 1.54) is 4.90 Å². The standard InChI is InChI=1S/C15H15N3OS/c1-18(12-9-5-6-10-17-12)15(19)13(14(16)20)11-7-3-2-4-8-11/h2-10,13H,1H3,(H2,16,20). The molecule has 0 fully saturated rings. The maximum Gasteiger partial charge on any atom is 0.242 e. The average molecular weight is 285 g/mol. The number of aromatic nitrogens is 1. The van der Waals surface area contributed by atoms with E-state index in [1.807, 2.05) is 36.4 Å². The quantitative estimate of drug-likeness (QED) is 0.874. The van der Waals surface area contributed by atoms with E-state index in [9.17, 15) is 4.79 Å². The molecule has 0 bridgehead atoms. The van der Waals surface area contributed by atoms with E-state index in [4.69, 9.17) is 18.0 Å². The van der Waals surface area contributed by atoms with Gasteiger partial charge in [-0.15, -0.1) is 0 Å². The van der Waals surface area contributed by atoms with Gasteiger partial charge in [0.1, 0.15) is 11.7 Å². The summed E-state index contributed by atoms with van der Waals surface area (Å²) in [5.74, 6) is -0.268. The van der Waals surface area contributed by atoms with Gasteiger partial charge in [-0.3, -0.25) is 9.69 Å². The molecule has 20 heavy (non-hydrogen) atoms. The number of anilines is 1. The van der Waals surface area contributed by atoms with Crippen molar-refractivity contribution in [1.82, 2.24) is 4.98 Å². The number of pyridine rings is 1. The third kappa shape index (κ3) is 3.00. The van der Waals surface area contributed by atoms with Crippen molar-refractivity contribution in [3.05, 3.63) is 60.3 Å². The van der Waals surface area contributed by atoms with Crippen LogP contribution >= 0.6 is 12.2 Å². The van der Waals surface area contributed by atoms with Crippen LogP contribution < -0.4 is 10.6 Å². The number of hydrogen-bond acceptors (Lipinski definition) is 3. The minimum absolute atomic E-state index is 0.156. The van der Waals surface area contributed by atoms with Crippen molar-refractivity contribution in [2.75, 3.05) is 11.9 Å². The monoisotopic (exact) mass is 285 g/mol. The molecule has 1 aromatic heterocycles. The van der Waals surface area contributed by atoms with Crippen LogP contribution in [0.3, 0.4) is 0 Å². The van der Waals surface area contributed by atoms with Gasteiger partial charge in [-0.1, -0.05) is 48.6 Å². The van der Waals surface area contributed by atoms with Crippen molar-refractivity contribution in [2.45, 2.75) is 5.92 Å². The summed E-state index contributed by atoms with van der Waals surface area (Å²) in [5.41, 5.74) is 6.53. The highest BCUT2D eigenvalue weighted by Crippen LogP contribution is 2.21. The molecule has 0 radical (unpaired) electrons. The summed E-state index contributed by atoms with van der Waals surface area (Å²) in [7, 11) is 1.67. The van der Waals surface area contributed by atoms with Gasteiger partial charge in [-0.05, 0) is 17.7 Å². The van der Waals surface area contributed by atoms with Crippen LogP contribution in [0.1, 0.15) is 11.5 Å². The third-order valence-corrected chi connectivity index (χ3v) is 3.22. The van der Waals surface area contributed by atoms with Crippen molar-refractivity contribution in [1.29, 1.82) is 0 Å². The summed E-state index contributed by atoms with van der Waals surface area (Å²) in [6.45, 7) is 0. The summed E-state index contributed by atoms with van der Waals surface area (Å²) < 4.78 is 0. The van der Waals surface area contributed by atoms with Crippen LogP contribution in [0, 0.1) is 0 Å². The number of carbonyl (C=O) groups is 1. The minimum atomic E-state index is -0.641. The molecule has 1 heterocycles. The number of likely N-dealkylation sites (N-methyl/N-ethyl adjacent to an activating group) is 1. The number of benzene rings is 1. The Morgan fingerprint density at radius 2 is 1.85 bits per heavy atom. The molecular formula is C15H15N3OS. The van der Waals surface area contributed by atoms with E-state index in [0.29, 0.717) is 5.82 Å². The highest BCUT2D eigenvalue weighted by atomic mass is 32.1. The van der Waals surface area contributed by atoms with Crippen LogP contribution in [0.2, 0.25) is 0 Å². The van der Waals surface area contributed by atoms with Crippen LogP contribution in [0.4, 0.5) is 5.82 Å². The van der Waals surface area contributed by atoms with Crippen molar-refractivity contribution >= 4 is 28.9 Å². The number of rotatable bonds is 4. The van der Waals surface area contributed by atoms with Gasteiger partial charge in [-0.25, -0.2) is 4.98 Å². The number of hydrogen-bond donors (Lipinski definition) is 1. The molecule has 102 valence electrons. The van der Waals surface area contributed by atoms with Gasteiger partial charge in [0, 0.05) is 13.2 Å². The molecule has 1 aromatic carbocycles. The first-order valence-corrected chi connectivity index (χ1v) is 6.55. The molecule has 1 amide bonds. The van der Waals surface area contributed by atoms with Gasteiger partial charge >= 0.3 is 0 Å². The molecule has 5 heteroatoms. The molecule has 2 N–H and O–H groups in total. The van der Waals surface area contributed by atoms with E-state index >= 15 is 0 Å². The van der Waals surface area contributed by atoms with Crippen LogP contribution in [-0.2, 0) is 4.79 Å². The fourth-order valence-electron chi connectivity index (χ4n) is 1.93. The summed E-state index contributed by atoms with van der Waals surface area (Å²) in [4.78, 5) is 18.4. The van der Waals surface area contributed by atoms with E-state index in [2.05, 4.69) is 4.98 Å². The lowest BCUT2D eigenvalue weighted by molar-refractivity contribution is -0.118. The highest BCUT2D eigenvalue weighted by Gasteiger charge is 2.27. The first-order valence-electron chi connectivity index (χ1n) is 6.14. The van der Waals surface area contributed by atoms with Crippen LogP contribution in [0.5, 0.6) is 0 Å². The Labute approximate surface area is 123 Å². The lowest BCUT2D eigenvalue weighted by atomic mass is 9.97. The smallest absolute Gasteiger partial charge is 0.242 e. The Bertz CT molecular complexity index is 601. The fraction of sp³-hybridized carbons (Fsp3) is 0.133. The van der Waals surface area contributed by atoms with Gasteiger partial charge in [0.2, 0.25) is 5.91 Å². The van der Waals surface area contributed by atoms with E-state index < -0.39 is 5.92 Å². The van der Waals surface area contributed by atoms with Crippen molar-refractivity contribution in [3.8, 4) is 0 Å². The van der Waals surface area contributed by atoms with Crippen LogP contribution in [-0.4, -0.2) is 22.9 Å². The lowest BCUT2D eigenvalue weighted by Gasteiger charge is -2.22. The van der Waals surface area contributed by atoms with Gasteiger partial charge in [0.25, 0.3) is 0 Å². The van der Waals surface area contributed by atoms with Crippen molar-refractivity contribution in [2.24, 2.45) is 5.73 Å². The highest BCUT2D eigenvalue weighted by molar-refractivity contribution is 7.80. The molecule has 0 saturated carbocycles. The van der Waals surface area contributed by atoms with Gasteiger partial charge in [-0.2, -0.15) is 0 Å². The van der Waals surface area contributed by atoms with Crippen molar-refractivity contribution < 1.29 is 4.79 Å². The Hall–Kier alpha value is -2.27. The zero-order valence-electron chi connectivity index (χ0n) is 11.1. The molecule has 2 rings (SSSR count). The predicted octanol–water partition coefficient (Wildman–Crippen LogP) is 2.11. The number of amides is 1. The van der Waals surface area contributed by atoms with E-state index in [1.54, 1.807) is 25.4 Å². The summed E-state index contributed by atoms with van der Waals surface area (Å²) >= 11 is 5.05. The maximum atomic E-state index is 12.6. The van der Waals surface area contributed by atoms with Gasteiger partial charge in [0.15, 0.2) is 0 Å². The minimum Gasteiger partial charge on any atom is -0.392 e. The summed E-state index contributed by atoms with van der Waals surface area (Å²) in [6, 6.07) is 14.7. The number of nitrogens with zero attached hydrogens (tertiary/aromatic N) is 2. The normalized spacial score (nSPS) is 11.7. The van der Waals surface area contributed by atoms with Crippen LogP contribution in [0.25, 0.3) is 0 Å². The number of thiocarbonyl (C=S) groups is 1. The zero-order chi connectivity index (χ0) is 14.5. The van der Waals surface area contributed by atoms with Gasteiger partial charge < -0.3 is 5.73 Å². The molecule has 0 saturated heterocycles. The Morgan fingerprint density at radius 1 is 1.20 bits per heavy atom. The van der Waals surface area contributed by atoms with Crippen molar-refractivity contribution in [3.63, 3.8) is 0 Å². The maximum absolute atomic E-state index is 12.6. The third-order valence-electron chi connectivity index (χ3n) is 2.99. The molecular weight excluding hydrogens is 270 g/mol. The average Bonchev–Trinajstić information content (AvgIpc) is 2.48. The largest absolute Gasteiger partial charge is 0.392 e. The summed E-state index contributed by atoms with van der Waals surface area (Å²) in [6.07, 6.45) is 1.64. The molecule has 0 aliphatic heterocycles. The molecule has 0 aliphatic rings. The molecule has 2 aromatic rings. The topological polar surface area (TPSA) is 59.2 Å². The first kappa shape index (κ1) is 14.1. The molecule has 0 aliphatic carbocycles. The number of nitrogens with two attached hydrogens (primary N) is 1. The van der Waals surface area contributed by atoms with E-state index in [0.717, 1.165) is 5.56 Å². The predicted molar refractivity (Wildman–Crippen MR) is 83.6 cm³/mol. The second kappa shape index (κ2) is 6.25. The molecule has 4 nitrogen and oxygen atoms in total. The van der Waals surface area contributed by atoms with Gasteiger partial charge in [0.05, 0.1) is 4.99 Å². The number of carbonyl (C=O) groups excluding carboxylic acids is 1. The first-order chi connectivity index (χ1) is 9.61. The Morgan fingerprint density at radius 3 is 2.40 bits per heavy atom. The lowest BCUT2D eigenvalue weighted by Crippen LogP contribution is -2.38. The SMILES string of the molecule is CN(C(=O)C(C(N)=S)c1ccccc1)c1ccccn1. The Kier molecular flexibility index (Phi) is 4.42. The second-order valence-electron chi connectivity index (χ2n) is 4.33. The summed E-state index contributed by atoms with van der Waals surface area (Å²) in [5, 5.41) is 0. The fourth-order valence-corrected chi connectivity index (χ4v) is 2.17. The van der Waals surface area contributed by atoms with E-state index in [-0.39, 0.29) is 10.9 Å². The second-order valence-corrected chi connectivity index (χ2v) is 4.80. The molecule has 1 atom stereocenters. The van der Waals surface area contributed by atoms with Crippen LogP contribution in [0.15, 0.2) is 54.7 Å². The zero-order valence-corrected chi connectivity index (χ0v) is 11.9. The molecule has 0 spiro atoms.